The lowest BCUT2D eigenvalue weighted by Gasteiger charge is -2.09. The van der Waals surface area contributed by atoms with Crippen LogP contribution >= 0.6 is 0 Å². The fourth-order valence-corrected chi connectivity index (χ4v) is 2.16. The summed E-state index contributed by atoms with van der Waals surface area (Å²) in [7, 11) is 0. The number of anilines is 3. The second-order valence-corrected chi connectivity index (χ2v) is 5.24. The Morgan fingerprint density at radius 3 is 2.32 bits per heavy atom. The first kappa shape index (κ1) is 16.1. The second kappa shape index (κ2) is 7.23. The Kier molecular flexibility index (Phi) is 4.67. The van der Waals surface area contributed by atoms with Crippen LogP contribution < -0.4 is 10.6 Å². The predicted molar refractivity (Wildman–Crippen MR) is 93.0 cm³/mol. The number of carbonyl (C=O) groups is 1. The molecule has 6 heteroatoms. The lowest BCUT2D eigenvalue weighted by Crippen LogP contribution is -2.12. The summed E-state index contributed by atoms with van der Waals surface area (Å²) in [6, 6.07) is 16.1. The number of hydrogen-bond donors (Lipinski definition) is 2. The molecular weight excluding hydrogens is 319 g/mol. The summed E-state index contributed by atoms with van der Waals surface area (Å²) in [5, 5.41) is 14.6. The van der Waals surface area contributed by atoms with Crippen molar-refractivity contribution in [1.29, 1.82) is 5.26 Å². The maximum atomic E-state index is 12.9. The number of aromatic nitrogens is 1. The van der Waals surface area contributed by atoms with Crippen LogP contribution in [0.3, 0.4) is 0 Å². The van der Waals surface area contributed by atoms with E-state index < -0.39 is 0 Å². The number of nitrogens with zero attached hydrogens (tertiary/aromatic N) is 2. The van der Waals surface area contributed by atoms with Crippen LogP contribution in [-0.4, -0.2) is 10.9 Å². The van der Waals surface area contributed by atoms with Crippen LogP contribution in [0.25, 0.3) is 0 Å². The maximum absolute atomic E-state index is 12.9. The SMILES string of the molecule is N#Cc1ccc(NC(=O)c2cncc(Nc3ccc(F)cc3)c2)cc1. The molecule has 1 amide bonds. The first-order valence-corrected chi connectivity index (χ1v) is 7.43. The first-order valence-electron chi connectivity index (χ1n) is 7.43. The molecule has 0 atom stereocenters. The molecule has 0 saturated heterocycles. The van der Waals surface area contributed by atoms with Crippen LogP contribution in [0.15, 0.2) is 67.0 Å². The van der Waals surface area contributed by atoms with Gasteiger partial charge in [-0.3, -0.25) is 9.78 Å². The molecule has 0 fully saturated rings. The van der Waals surface area contributed by atoms with Gasteiger partial charge in [0, 0.05) is 17.6 Å². The van der Waals surface area contributed by atoms with E-state index in [4.69, 9.17) is 5.26 Å². The minimum Gasteiger partial charge on any atom is -0.354 e. The minimum absolute atomic E-state index is 0.319. The van der Waals surface area contributed by atoms with Crippen molar-refractivity contribution in [2.45, 2.75) is 0 Å². The lowest BCUT2D eigenvalue weighted by atomic mass is 10.2. The van der Waals surface area contributed by atoms with Gasteiger partial charge in [-0.2, -0.15) is 5.26 Å². The van der Waals surface area contributed by atoms with Crippen LogP contribution in [-0.2, 0) is 0 Å². The highest BCUT2D eigenvalue weighted by Gasteiger charge is 2.08. The molecule has 0 aliphatic carbocycles. The first-order chi connectivity index (χ1) is 12.1. The molecular formula is C19H13FN4O. The van der Waals surface area contributed by atoms with Crippen LogP contribution in [0.4, 0.5) is 21.5 Å². The van der Waals surface area contributed by atoms with Gasteiger partial charge in [-0.25, -0.2) is 4.39 Å². The minimum atomic E-state index is -0.320. The molecule has 0 unspecified atom stereocenters. The summed E-state index contributed by atoms with van der Waals surface area (Å²) in [5.41, 5.74) is 2.77. The zero-order valence-electron chi connectivity index (χ0n) is 13.0. The standard InChI is InChI=1S/C19H13FN4O/c20-15-3-7-16(8-4-15)23-18-9-14(11-22-12-18)19(25)24-17-5-1-13(10-21)2-6-17/h1-9,11-12,23H,(H,24,25). The molecule has 2 aromatic carbocycles. The van der Waals surface area contributed by atoms with E-state index in [1.807, 2.05) is 6.07 Å². The van der Waals surface area contributed by atoms with Crippen molar-refractivity contribution in [1.82, 2.24) is 4.98 Å². The topological polar surface area (TPSA) is 77.8 Å². The van der Waals surface area contributed by atoms with Gasteiger partial charge in [0.25, 0.3) is 5.91 Å². The van der Waals surface area contributed by atoms with E-state index >= 15 is 0 Å². The quantitative estimate of drug-likeness (QED) is 0.754. The number of carbonyl (C=O) groups excluding carboxylic acids is 1. The number of rotatable bonds is 4. The Bertz CT molecular complexity index is 931. The molecule has 3 aromatic rings. The van der Waals surface area contributed by atoms with Gasteiger partial charge in [0.1, 0.15) is 5.82 Å². The molecule has 0 spiro atoms. The lowest BCUT2D eigenvalue weighted by molar-refractivity contribution is 0.102. The van der Waals surface area contributed by atoms with Crippen LogP contribution in [0.5, 0.6) is 0 Å². The monoisotopic (exact) mass is 332 g/mol. The summed E-state index contributed by atoms with van der Waals surface area (Å²) >= 11 is 0. The number of pyridine rings is 1. The highest BCUT2D eigenvalue weighted by molar-refractivity contribution is 6.04. The van der Waals surface area contributed by atoms with Crippen molar-refractivity contribution < 1.29 is 9.18 Å². The van der Waals surface area contributed by atoms with E-state index in [-0.39, 0.29) is 11.7 Å². The van der Waals surface area contributed by atoms with E-state index in [2.05, 4.69) is 15.6 Å². The normalized spacial score (nSPS) is 9.92. The van der Waals surface area contributed by atoms with Crippen molar-refractivity contribution in [2.24, 2.45) is 0 Å². The summed E-state index contributed by atoms with van der Waals surface area (Å²) in [6.45, 7) is 0. The third-order valence-corrected chi connectivity index (χ3v) is 3.41. The molecule has 0 aliphatic rings. The highest BCUT2D eigenvalue weighted by Crippen LogP contribution is 2.18. The number of nitriles is 1. The molecule has 122 valence electrons. The zero-order chi connectivity index (χ0) is 17.6. The third-order valence-electron chi connectivity index (χ3n) is 3.41. The maximum Gasteiger partial charge on any atom is 0.257 e. The van der Waals surface area contributed by atoms with Crippen LogP contribution in [0.2, 0.25) is 0 Å². The van der Waals surface area contributed by atoms with Gasteiger partial charge in [-0.15, -0.1) is 0 Å². The van der Waals surface area contributed by atoms with E-state index in [0.717, 1.165) is 0 Å². The number of halogens is 1. The van der Waals surface area contributed by atoms with Gasteiger partial charge in [-0.1, -0.05) is 0 Å². The average molecular weight is 332 g/mol. The smallest absolute Gasteiger partial charge is 0.257 e. The van der Waals surface area contributed by atoms with E-state index in [0.29, 0.717) is 28.2 Å². The Morgan fingerprint density at radius 2 is 1.64 bits per heavy atom. The van der Waals surface area contributed by atoms with Crippen LogP contribution in [0, 0.1) is 17.1 Å². The predicted octanol–water partition coefficient (Wildman–Crippen LogP) is 4.09. The fraction of sp³-hybridized carbons (Fsp3) is 0. The molecule has 1 heterocycles. The van der Waals surface area contributed by atoms with Gasteiger partial charge in [0.15, 0.2) is 0 Å². The van der Waals surface area contributed by atoms with Gasteiger partial charge in [0.05, 0.1) is 29.1 Å². The summed E-state index contributed by atoms with van der Waals surface area (Å²) < 4.78 is 12.9. The van der Waals surface area contributed by atoms with Crippen molar-refractivity contribution in [3.05, 3.63) is 83.9 Å². The number of hydrogen-bond acceptors (Lipinski definition) is 4. The van der Waals surface area contributed by atoms with Crippen molar-refractivity contribution in [3.8, 4) is 6.07 Å². The Hall–Kier alpha value is -3.72. The average Bonchev–Trinajstić information content (AvgIpc) is 2.64. The highest BCUT2D eigenvalue weighted by atomic mass is 19.1. The molecule has 25 heavy (non-hydrogen) atoms. The molecule has 2 N–H and O–H groups in total. The Balaban J connectivity index is 1.72. The Morgan fingerprint density at radius 1 is 0.960 bits per heavy atom. The number of nitrogens with one attached hydrogen (secondary N) is 2. The second-order valence-electron chi connectivity index (χ2n) is 5.24. The van der Waals surface area contributed by atoms with Crippen molar-refractivity contribution in [3.63, 3.8) is 0 Å². The van der Waals surface area contributed by atoms with Crippen molar-refractivity contribution >= 4 is 23.0 Å². The van der Waals surface area contributed by atoms with Gasteiger partial charge in [-0.05, 0) is 54.6 Å². The summed E-state index contributed by atoms with van der Waals surface area (Å²) in [4.78, 5) is 16.4. The molecule has 0 saturated carbocycles. The molecule has 0 aliphatic heterocycles. The number of benzene rings is 2. The summed E-state index contributed by atoms with van der Waals surface area (Å²) in [5.74, 6) is -0.640. The molecule has 5 nitrogen and oxygen atoms in total. The third kappa shape index (κ3) is 4.18. The number of amides is 1. The Labute approximate surface area is 143 Å². The molecule has 1 aromatic heterocycles. The van der Waals surface area contributed by atoms with E-state index in [1.165, 1.54) is 18.3 Å². The van der Waals surface area contributed by atoms with Gasteiger partial charge in [0.2, 0.25) is 0 Å². The van der Waals surface area contributed by atoms with Gasteiger partial charge < -0.3 is 10.6 Å². The van der Waals surface area contributed by atoms with Gasteiger partial charge >= 0.3 is 0 Å². The summed E-state index contributed by atoms with van der Waals surface area (Å²) in [6.07, 6.45) is 3.02. The molecule has 3 rings (SSSR count). The zero-order valence-corrected chi connectivity index (χ0v) is 13.0. The largest absolute Gasteiger partial charge is 0.354 e. The molecule has 0 radical (unpaired) electrons. The molecule has 0 bridgehead atoms. The van der Waals surface area contributed by atoms with Crippen molar-refractivity contribution in [2.75, 3.05) is 10.6 Å². The van der Waals surface area contributed by atoms with Crippen LogP contribution in [0.1, 0.15) is 15.9 Å². The van der Waals surface area contributed by atoms with E-state index in [1.54, 1.807) is 48.7 Å². The van der Waals surface area contributed by atoms with E-state index in [9.17, 15) is 9.18 Å². The fourth-order valence-electron chi connectivity index (χ4n) is 2.16.